The second kappa shape index (κ2) is 20.5. The number of amides is 2. The summed E-state index contributed by atoms with van der Waals surface area (Å²) in [6.07, 6.45) is 3.45. The zero-order chi connectivity index (χ0) is 43.4. The number of carbonyl (C=O) groups excluding carboxylic acids is 4. The third kappa shape index (κ3) is 13.4. The summed E-state index contributed by atoms with van der Waals surface area (Å²) >= 11 is 0. The van der Waals surface area contributed by atoms with Crippen LogP contribution in [0.5, 0.6) is 11.5 Å². The maximum atomic E-state index is 12.1. The van der Waals surface area contributed by atoms with Crippen molar-refractivity contribution in [3.8, 4) is 22.9 Å². The number of nitrogens with zero attached hydrogens (tertiary/aromatic N) is 3. The first kappa shape index (κ1) is 46.5. The predicted molar refractivity (Wildman–Crippen MR) is 214 cm³/mol. The monoisotopic (exact) mass is 810 g/mol. The minimum absolute atomic E-state index is 0.0228. The molecule has 58 heavy (non-hydrogen) atoms. The molecule has 5 rings (SSSR count). The van der Waals surface area contributed by atoms with Crippen LogP contribution in [-0.2, 0) is 43.1 Å². The lowest BCUT2D eigenvalue weighted by atomic mass is 10.0. The van der Waals surface area contributed by atoms with Crippen LogP contribution in [0, 0.1) is 0 Å². The summed E-state index contributed by atoms with van der Waals surface area (Å²) in [5.41, 5.74) is 10.0. The van der Waals surface area contributed by atoms with Gasteiger partial charge in [0.2, 0.25) is 11.7 Å². The lowest BCUT2D eigenvalue weighted by molar-refractivity contribution is -0.159. The van der Waals surface area contributed by atoms with Gasteiger partial charge in [-0.15, -0.1) is 0 Å². The molecule has 1 heterocycles. The molecule has 0 saturated carbocycles. The first-order chi connectivity index (χ1) is 27.3. The van der Waals surface area contributed by atoms with Gasteiger partial charge in [-0.05, 0) is 103 Å². The second-order valence-corrected chi connectivity index (χ2v) is 15.4. The van der Waals surface area contributed by atoms with Crippen LogP contribution < -0.4 is 25.8 Å². The zero-order valence-corrected chi connectivity index (χ0v) is 35.4. The fraction of sp³-hybridized carbons (Fsp3) is 0.537. The van der Waals surface area contributed by atoms with E-state index >= 15 is 0 Å². The Morgan fingerprint density at radius 2 is 1.29 bits per heavy atom. The van der Waals surface area contributed by atoms with E-state index in [-0.39, 0.29) is 30.8 Å². The molecule has 5 N–H and O–H groups in total. The third-order valence-corrected chi connectivity index (χ3v) is 8.62. The van der Waals surface area contributed by atoms with E-state index in [9.17, 15) is 19.2 Å². The Balaban J connectivity index is 0.000000259. The van der Waals surface area contributed by atoms with Gasteiger partial charge >= 0.3 is 24.1 Å². The number of esters is 2. The molecule has 2 aromatic carbocycles. The molecule has 17 nitrogen and oxygen atoms in total. The molecule has 0 aliphatic heterocycles. The van der Waals surface area contributed by atoms with Gasteiger partial charge < -0.3 is 49.8 Å². The van der Waals surface area contributed by atoms with E-state index in [1.165, 1.54) is 0 Å². The number of hydrogen-bond donors (Lipinski definition) is 4. The Morgan fingerprint density at radius 3 is 1.71 bits per heavy atom. The van der Waals surface area contributed by atoms with Crippen molar-refractivity contribution in [3.63, 3.8) is 0 Å². The van der Waals surface area contributed by atoms with Gasteiger partial charge in [0.25, 0.3) is 0 Å². The molecule has 0 radical (unpaired) electrons. The molecule has 17 heteroatoms. The number of rotatable bonds is 9. The van der Waals surface area contributed by atoms with Crippen LogP contribution in [0.25, 0.3) is 11.4 Å². The van der Waals surface area contributed by atoms with Crippen molar-refractivity contribution in [2.75, 3.05) is 14.2 Å². The molecule has 0 bridgehead atoms. The van der Waals surface area contributed by atoms with E-state index in [0.717, 1.165) is 53.5 Å². The number of hydrogen-bond acceptors (Lipinski definition) is 14. The summed E-state index contributed by atoms with van der Waals surface area (Å²) in [6.45, 7) is 16.2. The maximum absolute atomic E-state index is 12.1. The summed E-state index contributed by atoms with van der Waals surface area (Å²) in [4.78, 5) is 49.2. The molecule has 2 amide bonds. The second-order valence-electron chi connectivity index (χ2n) is 15.4. The number of carbonyl (C=O) groups is 4. The van der Waals surface area contributed by atoms with E-state index in [4.69, 9.17) is 34.4 Å². The van der Waals surface area contributed by atoms with Gasteiger partial charge in [0.15, 0.2) is 5.84 Å². The Bertz CT molecular complexity index is 1930. The van der Waals surface area contributed by atoms with Crippen LogP contribution in [0.15, 0.2) is 33.9 Å². The molecule has 0 unspecified atom stereocenters. The van der Waals surface area contributed by atoms with Crippen molar-refractivity contribution in [2.24, 2.45) is 10.9 Å². The first-order valence-electron chi connectivity index (χ1n) is 19.2. The molecular formula is C41H58N6O11. The van der Waals surface area contributed by atoms with E-state index in [0.29, 0.717) is 35.2 Å². The molecule has 2 aliphatic carbocycles. The fourth-order valence-corrected chi connectivity index (χ4v) is 6.11. The number of methoxy groups -OCH3 is 2. The van der Waals surface area contributed by atoms with E-state index in [1.807, 2.05) is 66.7 Å². The van der Waals surface area contributed by atoms with Gasteiger partial charge in [-0.25, -0.2) is 9.59 Å². The van der Waals surface area contributed by atoms with Gasteiger partial charge in [-0.2, -0.15) is 4.98 Å². The van der Waals surface area contributed by atoms with Crippen LogP contribution >= 0.6 is 0 Å². The summed E-state index contributed by atoms with van der Waals surface area (Å²) in [7, 11) is 3.17. The summed E-state index contributed by atoms with van der Waals surface area (Å²) < 4.78 is 31.2. The smallest absolute Gasteiger partial charge is 0.408 e. The highest BCUT2D eigenvalue weighted by Crippen LogP contribution is 2.41. The Morgan fingerprint density at radius 1 is 0.810 bits per heavy atom. The third-order valence-electron chi connectivity index (χ3n) is 8.62. The first-order valence-corrected chi connectivity index (χ1v) is 19.2. The minimum Gasteiger partial charge on any atom is -0.496 e. The molecule has 0 spiro atoms. The lowest BCUT2D eigenvalue weighted by Crippen LogP contribution is -2.34. The Hall–Kier alpha value is -5.87. The molecule has 2 aliphatic rings. The van der Waals surface area contributed by atoms with Crippen molar-refractivity contribution in [1.29, 1.82) is 0 Å². The minimum atomic E-state index is -0.550. The highest BCUT2D eigenvalue weighted by molar-refractivity contribution is 5.98. The lowest BCUT2D eigenvalue weighted by Gasteiger charge is -2.23. The Labute approximate surface area is 339 Å². The molecule has 2 atom stereocenters. The zero-order valence-electron chi connectivity index (χ0n) is 35.4. The predicted octanol–water partition coefficient (Wildman–Crippen LogP) is 7.00. The average Bonchev–Trinajstić information content (AvgIpc) is 3.91. The van der Waals surface area contributed by atoms with Crippen molar-refractivity contribution in [2.45, 2.75) is 131 Å². The summed E-state index contributed by atoms with van der Waals surface area (Å²) in [6, 6.07) is 7.15. The number of benzene rings is 2. The van der Waals surface area contributed by atoms with Gasteiger partial charge in [0, 0.05) is 41.5 Å². The van der Waals surface area contributed by atoms with Crippen molar-refractivity contribution in [1.82, 2.24) is 20.8 Å². The fourth-order valence-electron chi connectivity index (χ4n) is 6.11. The normalized spacial score (nSPS) is 15.6. The van der Waals surface area contributed by atoms with Crippen LogP contribution in [0.3, 0.4) is 0 Å². The van der Waals surface area contributed by atoms with Gasteiger partial charge in [0.1, 0.15) is 22.7 Å². The molecule has 318 valence electrons. The number of aromatic nitrogens is 2. The number of fused-ring (bicyclic) bond motifs is 2. The SMILES string of the molecule is CCC(=O)OC(=O)CC.CCc1nc(-c2cc3c(c(OC)c2)[C@H](NC(=O)OC(C)(C)C)CC3)no1.COc1cc(/C(N)=N/O)cc2c1[C@H](NC(=O)OC(C)(C)C)CC2. The summed E-state index contributed by atoms with van der Waals surface area (Å²) in [5, 5.41) is 21.7. The van der Waals surface area contributed by atoms with Crippen molar-refractivity contribution >= 4 is 30.0 Å². The van der Waals surface area contributed by atoms with Crippen LogP contribution in [-0.4, -0.2) is 70.7 Å². The van der Waals surface area contributed by atoms with E-state index in [1.54, 1.807) is 34.1 Å². The van der Waals surface area contributed by atoms with Crippen LogP contribution in [0.4, 0.5) is 9.59 Å². The number of ether oxygens (including phenoxy) is 5. The molecule has 3 aromatic rings. The largest absolute Gasteiger partial charge is 0.496 e. The molecular weight excluding hydrogens is 752 g/mol. The highest BCUT2D eigenvalue weighted by Gasteiger charge is 2.32. The number of alkyl carbamates (subject to hydrolysis) is 2. The van der Waals surface area contributed by atoms with Crippen LogP contribution in [0.1, 0.15) is 134 Å². The topological polar surface area (TPSA) is 236 Å². The molecule has 0 fully saturated rings. The molecule has 1 aromatic heterocycles. The standard InChI is InChI=1S/C19H25N3O4.C16H23N3O4.C6H10O3/c1-6-15-21-17(22-26-15)12-9-11-7-8-13(16(11)14(10-12)24-5)20-18(23)25-19(2,3)4;1-16(2,3)23-15(20)18-11-6-5-9-7-10(14(17)19-21)8-12(22-4)13(9)11;1-3-5(7)9-6(8)4-2/h9-10,13H,6-8H2,1-5H3,(H,20,23);7-8,11,21H,5-6H2,1-4H3,(H2,17,19)(H,18,20);3-4H2,1-2H3/t13-;11-;/m11./s1. The van der Waals surface area contributed by atoms with E-state index < -0.39 is 35.3 Å². The number of nitrogens with one attached hydrogen (secondary N) is 2. The quantitative estimate of drug-likeness (QED) is 0.0324. The van der Waals surface area contributed by atoms with Crippen molar-refractivity contribution < 1.29 is 52.6 Å². The van der Waals surface area contributed by atoms with Crippen LogP contribution in [0.2, 0.25) is 0 Å². The maximum Gasteiger partial charge on any atom is 0.408 e. The van der Waals surface area contributed by atoms with Gasteiger partial charge in [0.05, 0.1) is 26.3 Å². The number of aryl methyl sites for hydroxylation is 3. The van der Waals surface area contributed by atoms with Gasteiger partial charge in [-0.1, -0.05) is 31.1 Å². The highest BCUT2D eigenvalue weighted by atomic mass is 16.6. The summed E-state index contributed by atoms with van der Waals surface area (Å²) in [5.74, 6) is 1.57. The molecule has 0 saturated heterocycles. The van der Waals surface area contributed by atoms with E-state index in [2.05, 4.69) is 30.7 Å². The average molecular weight is 811 g/mol. The number of amidine groups is 1. The van der Waals surface area contributed by atoms with Crippen molar-refractivity contribution in [3.05, 3.63) is 58.0 Å². The number of oxime groups is 1. The van der Waals surface area contributed by atoms with Gasteiger partial charge in [-0.3, -0.25) is 9.59 Å². The number of nitrogens with two attached hydrogens (primary N) is 1. The Kier molecular flexibility index (Phi) is 16.5.